The first-order chi connectivity index (χ1) is 8.72. The van der Waals surface area contributed by atoms with Crippen LogP contribution in [0.15, 0.2) is 12.1 Å². The van der Waals surface area contributed by atoms with Crippen molar-refractivity contribution < 1.29 is 9.47 Å². The lowest BCUT2D eigenvalue weighted by atomic mass is 10.2. The van der Waals surface area contributed by atoms with Crippen molar-refractivity contribution in [2.45, 2.75) is 0 Å². The topological polar surface area (TPSA) is 47.2 Å². The first-order valence-electron chi connectivity index (χ1n) is 5.57. The van der Waals surface area contributed by atoms with Gasteiger partial charge in [-0.3, -0.25) is 0 Å². The molecule has 0 saturated carbocycles. The zero-order valence-electron chi connectivity index (χ0n) is 10.1. The Morgan fingerprint density at radius 1 is 1.11 bits per heavy atom. The molecule has 0 atom stereocenters. The maximum atomic E-state index is 5.94. The molecule has 1 aromatic heterocycles. The lowest BCUT2D eigenvalue weighted by Crippen LogP contribution is -1.99. The zero-order valence-corrected chi connectivity index (χ0v) is 10.9. The van der Waals surface area contributed by atoms with E-state index in [-0.39, 0.29) is 5.28 Å². The summed E-state index contributed by atoms with van der Waals surface area (Å²) in [4.78, 5) is 10.6. The van der Waals surface area contributed by atoms with E-state index >= 15 is 0 Å². The van der Waals surface area contributed by atoms with Crippen LogP contribution < -0.4 is 14.4 Å². The monoisotopic (exact) mass is 265 g/mol. The molecule has 0 amide bonds. The van der Waals surface area contributed by atoms with E-state index in [2.05, 4.69) is 14.9 Å². The molecule has 5 nitrogen and oxygen atoms in total. The molecule has 0 radical (unpaired) electrons. The van der Waals surface area contributed by atoms with Gasteiger partial charge < -0.3 is 14.4 Å². The highest BCUT2D eigenvalue weighted by molar-refractivity contribution is 6.28. The van der Waals surface area contributed by atoms with Crippen LogP contribution >= 0.6 is 11.6 Å². The molecular formula is C12H12ClN3O2. The number of fused-ring (bicyclic) bond motifs is 1. The largest absolute Gasteiger partial charge is 0.493 e. The van der Waals surface area contributed by atoms with Crippen molar-refractivity contribution >= 4 is 28.3 Å². The lowest BCUT2D eigenvalue weighted by molar-refractivity contribution is 0.356. The fourth-order valence-electron chi connectivity index (χ4n) is 1.91. The third-order valence-electron chi connectivity index (χ3n) is 2.90. The second-order valence-corrected chi connectivity index (χ2v) is 4.37. The van der Waals surface area contributed by atoms with Crippen LogP contribution in [0.5, 0.6) is 11.5 Å². The van der Waals surface area contributed by atoms with Crippen molar-refractivity contribution in [2.75, 3.05) is 32.2 Å². The van der Waals surface area contributed by atoms with Crippen molar-refractivity contribution in [2.24, 2.45) is 0 Å². The van der Waals surface area contributed by atoms with E-state index in [0.29, 0.717) is 11.5 Å². The molecule has 1 aliphatic rings. The molecule has 1 aromatic carbocycles. The van der Waals surface area contributed by atoms with Gasteiger partial charge in [0.1, 0.15) is 5.82 Å². The molecule has 1 aliphatic heterocycles. The molecule has 0 bridgehead atoms. The van der Waals surface area contributed by atoms with Gasteiger partial charge in [-0.05, 0) is 17.7 Å². The average molecular weight is 266 g/mol. The van der Waals surface area contributed by atoms with Gasteiger partial charge in [-0.2, -0.15) is 4.98 Å². The van der Waals surface area contributed by atoms with E-state index in [4.69, 9.17) is 21.1 Å². The Labute approximate surface area is 109 Å². The summed E-state index contributed by atoms with van der Waals surface area (Å²) >= 11 is 5.94. The quantitative estimate of drug-likeness (QED) is 0.628. The smallest absolute Gasteiger partial charge is 0.224 e. The van der Waals surface area contributed by atoms with E-state index in [9.17, 15) is 0 Å². The van der Waals surface area contributed by atoms with E-state index in [1.165, 1.54) is 0 Å². The predicted octanol–water partition coefficient (Wildman–Crippen LogP) is 2.12. The number of hydrogen-bond donors (Lipinski definition) is 0. The molecule has 0 aliphatic carbocycles. The van der Waals surface area contributed by atoms with Gasteiger partial charge in [-0.25, -0.2) is 4.98 Å². The Kier molecular flexibility index (Phi) is 2.63. The maximum absolute atomic E-state index is 5.94. The van der Waals surface area contributed by atoms with Crippen LogP contribution in [0.2, 0.25) is 5.28 Å². The summed E-state index contributed by atoms with van der Waals surface area (Å²) in [6.07, 6.45) is 0. The molecule has 1 fully saturated rings. The Morgan fingerprint density at radius 3 is 2.39 bits per heavy atom. The molecule has 3 rings (SSSR count). The van der Waals surface area contributed by atoms with E-state index in [0.717, 1.165) is 29.8 Å². The van der Waals surface area contributed by atoms with Crippen LogP contribution in [-0.2, 0) is 0 Å². The SMILES string of the molecule is COc1cc2nc(Cl)nc(N3CC3)c2cc1OC. The normalized spacial score (nSPS) is 13.8. The van der Waals surface area contributed by atoms with Crippen LogP contribution in [0.1, 0.15) is 0 Å². The van der Waals surface area contributed by atoms with Crippen molar-refractivity contribution in [1.29, 1.82) is 0 Å². The third-order valence-corrected chi connectivity index (χ3v) is 3.07. The molecule has 0 spiro atoms. The van der Waals surface area contributed by atoms with E-state index in [1.807, 2.05) is 12.1 Å². The minimum absolute atomic E-state index is 0.247. The molecular weight excluding hydrogens is 254 g/mol. The van der Waals surface area contributed by atoms with Crippen molar-refractivity contribution in [3.8, 4) is 11.5 Å². The highest BCUT2D eigenvalue weighted by Gasteiger charge is 2.24. The van der Waals surface area contributed by atoms with Crippen LogP contribution in [-0.4, -0.2) is 37.3 Å². The van der Waals surface area contributed by atoms with E-state index in [1.54, 1.807) is 14.2 Å². The number of aromatic nitrogens is 2. The standard InChI is InChI=1S/C12H12ClN3O2/c1-17-9-5-7-8(6-10(9)18-2)14-12(13)15-11(7)16-3-4-16/h5-6H,3-4H2,1-2H3. The lowest BCUT2D eigenvalue weighted by Gasteiger charge is -2.11. The number of methoxy groups -OCH3 is 2. The van der Waals surface area contributed by atoms with Gasteiger partial charge in [0.25, 0.3) is 0 Å². The summed E-state index contributed by atoms with van der Waals surface area (Å²) in [6.45, 7) is 1.99. The number of hydrogen-bond acceptors (Lipinski definition) is 5. The molecule has 1 saturated heterocycles. The number of ether oxygens (including phenoxy) is 2. The number of halogens is 1. The third kappa shape index (κ3) is 1.80. The summed E-state index contributed by atoms with van der Waals surface area (Å²) < 4.78 is 10.6. The fourth-order valence-corrected chi connectivity index (χ4v) is 2.09. The highest BCUT2D eigenvalue weighted by atomic mass is 35.5. The summed E-state index contributed by atoms with van der Waals surface area (Å²) in [5, 5.41) is 1.17. The first kappa shape index (κ1) is 11.3. The van der Waals surface area contributed by atoms with Crippen LogP contribution in [0, 0.1) is 0 Å². The zero-order chi connectivity index (χ0) is 12.7. The van der Waals surface area contributed by atoms with Crippen LogP contribution in [0.4, 0.5) is 5.82 Å². The summed E-state index contributed by atoms with van der Waals surface area (Å²) in [5.41, 5.74) is 0.759. The Bertz CT molecular complexity index is 614. The molecule has 18 heavy (non-hydrogen) atoms. The predicted molar refractivity (Wildman–Crippen MR) is 69.9 cm³/mol. The van der Waals surface area contributed by atoms with Crippen molar-refractivity contribution in [1.82, 2.24) is 9.97 Å². The van der Waals surface area contributed by atoms with Crippen molar-refractivity contribution in [3.05, 3.63) is 17.4 Å². The van der Waals surface area contributed by atoms with Gasteiger partial charge in [-0.1, -0.05) is 0 Å². The number of rotatable bonds is 3. The van der Waals surface area contributed by atoms with E-state index < -0.39 is 0 Å². The van der Waals surface area contributed by atoms with Crippen LogP contribution in [0.25, 0.3) is 10.9 Å². The van der Waals surface area contributed by atoms with Gasteiger partial charge in [0.05, 0.1) is 19.7 Å². The first-order valence-corrected chi connectivity index (χ1v) is 5.95. The van der Waals surface area contributed by atoms with Gasteiger partial charge >= 0.3 is 0 Å². The minimum Gasteiger partial charge on any atom is -0.493 e. The fraction of sp³-hybridized carbons (Fsp3) is 0.333. The maximum Gasteiger partial charge on any atom is 0.224 e. The van der Waals surface area contributed by atoms with Crippen molar-refractivity contribution in [3.63, 3.8) is 0 Å². The van der Waals surface area contributed by atoms with Gasteiger partial charge in [0.15, 0.2) is 11.5 Å². The number of benzene rings is 1. The Morgan fingerprint density at radius 2 is 1.78 bits per heavy atom. The molecule has 94 valence electrons. The average Bonchev–Trinajstić information content (AvgIpc) is 3.20. The summed E-state index contributed by atoms with van der Waals surface area (Å²) in [5.74, 6) is 2.15. The molecule has 6 heteroatoms. The van der Waals surface area contributed by atoms with Gasteiger partial charge in [-0.15, -0.1) is 0 Å². The van der Waals surface area contributed by atoms with Crippen LogP contribution in [0.3, 0.4) is 0 Å². The summed E-state index contributed by atoms with van der Waals surface area (Å²) in [6, 6.07) is 3.70. The van der Waals surface area contributed by atoms with Gasteiger partial charge in [0, 0.05) is 24.5 Å². The molecule has 2 heterocycles. The second kappa shape index (κ2) is 4.17. The minimum atomic E-state index is 0.247. The number of anilines is 1. The molecule has 0 unspecified atom stereocenters. The molecule has 2 aromatic rings. The van der Waals surface area contributed by atoms with Gasteiger partial charge in [0.2, 0.25) is 5.28 Å². The molecule has 0 N–H and O–H groups in total. The second-order valence-electron chi connectivity index (χ2n) is 4.03. The number of nitrogens with zero attached hydrogens (tertiary/aromatic N) is 3. The Balaban J connectivity index is 2.28. The Hall–Kier alpha value is -1.75. The summed E-state index contributed by atoms with van der Waals surface area (Å²) in [7, 11) is 3.20. The highest BCUT2D eigenvalue weighted by Crippen LogP contribution is 2.36.